The van der Waals surface area contributed by atoms with Crippen LogP contribution in [0.3, 0.4) is 0 Å². The Kier molecular flexibility index (Phi) is 7.49. The molecular formula is C20H24N2O7S. The van der Waals surface area contributed by atoms with Crippen LogP contribution in [0.5, 0.6) is 11.5 Å². The Morgan fingerprint density at radius 3 is 2.47 bits per heavy atom. The van der Waals surface area contributed by atoms with Gasteiger partial charge in [-0.05, 0) is 63.2 Å². The molecule has 0 saturated carbocycles. The van der Waals surface area contributed by atoms with Crippen LogP contribution in [0.25, 0.3) is 6.08 Å². The molecule has 1 aromatic rings. The summed E-state index contributed by atoms with van der Waals surface area (Å²) >= 11 is 0.732. The molecule has 0 atom stereocenters. The summed E-state index contributed by atoms with van der Waals surface area (Å²) in [5.41, 5.74) is 4.95. The van der Waals surface area contributed by atoms with Gasteiger partial charge < -0.3 is 19.9 Å². The maximum Gasteiger partial charge on any atom is 0.326 e. The van der Waals surface area contributed by atoms with Crippen LogP contribution >= 0.6 is 11.8 Å². The molecule has 0 aliphatic carbocycles. The van der Waals surface area contributed by atoms with Crippen molar-refractivity contribution in [2.45, 2.75) is 33.3 Å². The van der Waals surface area contributed by atoms with E-state index < -0.39 is 35.2 Å². The van der Waals surface area contributed by atoms with Gasteiger partial charge in [0, 0.05) is 0 Å². The minimum absolute atomic E-state index is 0.164. The summed E-state index contributed by atoms with van der Waals surface area (Å²) in [7, 11) is 0. The van der Waals surface area contributed by atoms with Crippen molar-refractivity contribution in [1.29, 1.82) is 0 Å². The van der Waals surface area contributed by atoms with Crippen LogP contribution in [0.1, 0.15) is 33.3 Å². The third-order valence-corrected chi connectivity index (χ3v) is 4.42. The number of nitrogens with two attached hydrogens (primary N) is 1. The third kappa shape index (κ3) is 6.51. The second kappa shape index (κ2) is 9.66. The van der Waals surface area contributed by atoms with E-state index >= 15 is 0 Å². The zero-order valence-corrected chi connectivity index (χ0v) is 18.0. The molecule has 0 bridgehead atoms. The minimum Gasteiger partial charge on any atom is -0.490 e. The molecule has 2 rings (SSSR count). The molecule has 10 heteroatoms. The molecule has 0 radical (unpaired) electrons. The molecule has 9 nitrogen and oxygen atoms in total. The fourth-order valence-corrected chi connectivity index (χ4v) is 3.28. The van der Waals surface area contributed by atoms with E-state index in [1.807, 2.05) is 0 Å². The van der Waals surface area contributed by atoms with Crippen molar-refractivity contribution in [2.24, 2.45) is 5.73 Å². The number of esters is 1. The Labute approximate surface area is 178 Å². The normalized spacial score (nSPS) is 15.5. The summed E-state index contributed by atoms with van der Waals surface area (Å²) < 4.78 is 16.0. The molecule has 1 aliphatic rings. The van der Waals surface area contributed by atoms with Gasteiger partial charge >= 0.3 is 5.97 Å². The van der Waals surface area contributed by atoms with Gasteiger partial charge in [-0.2, -0.15) is 0 Å². The first-order chi connectivity index (χ1) is 14.0. The highest BCUT2D eigenvalue weighted by atomic mass is 32.2. The van der Waals surface area contributed by atoms with Crippen LogP contribution in [0.2, 0.25) is 0 Å². The van der Waals surface area contributed by atoms with Gasteiger partial charge in [0.05, 0.1) is 11.5 Å². The quantitative estimate of drug-likeness (QED) is 0.486. The molecule has 30 heavy (non-hydrogen) atoms. The summed E-state index contributed by atoms with van der Waals surface area (Å²) in [6.07, 6.45) is 1.51. The Morgan fingerprint density at radius 2 is 1.87 bits per heavy atom. The number of nitrogens with zero attached hydrogens (tertiary/aromatic N) is 1. The van der Waals surface area contributed by atoms with Gasteiger partial charge in [0.1, 0.15) is 12.1 Å². The number of benzene rings is 1. The molecule has 162 valence electrons. The maximum absolute atomic E-state index is 12.6. The van der Waals surface area contributed by atoms with Gasteiger partial charge in [-0.25, -0.2) is 0 Å². The molecule has 1 aromatic carbocycles. The number of thioether (sulfide) groups is 1. The van der Waals surface area contributed by atoms with Gasteiger partial charge in [-0.1, -0.05) is 6.07 Å². The second-order valence-corrected chi connectivity index (χ2v) is 8.24. The number of carbonyl (C=O) groups excluding carboxylic acids is 4. The molecule has 3 amide bonds. The lowest BCUT2D eigenvalue weighted by Crippen LogP contribution is -2.37. The first kappa shape index (κ1) is 23.3. The lowest BCUT2D eigenvalue weighted by atomic mass is 10.2. The minimum atomic E-state index is -0.720. The zero-order chi connectivity index (χ0) is 22.5. The van der Waals surface area contributed by atoms with E-state index in [9.17, 15) is 19.2 Å². The van der Waals surface area contributed by atoms with E-state index in [2.05, 4.69) is 0 Å². The van der Waals surface area contributed by atoms with Crippen LogP contribution < -0.4 is 15.2 Å². The summed E-state index contributed by atoms with van der Waals surface area (Å²) in [6, 6.07) is 4.83. The average Bonchev–Trinajstić information content (AvgIpc) is 2.87. The first-order valence-electron chi connectivity index (χ1n) is 9.15. The molecule has 1 fully saturated rings. The number of amides is 3. The molecular weight excluding hydrogens is 412 g/mol. The summed E-state index contributed by atoms with van der Waals surface area (Å²) in [5, 5.41) is -0.552. The third-order valence-electron chi connectivity index (χ3n) is 3.52. The number of imide groups is 1. The highest BCUT2D eigenvalue weighted by Crippen LogP contribution is 2.34. The first-order valence-corrected chi connectivity index (χ1v) is 9.97. The summed E-state index contributed by atoms with van der Waals surface area (Å²) in [5.74, 6) is -1.19. The van der Waals surface area contributed by atoms with Gasteiger partial charge in [0.15, 0.2) is 18.1 Å². The van der Waals surface area contributed by atoms with Gasteiger partial charge in [0.2, 0.25) is 0 Å². The fraction of sp³-hybridized carbons (Fsp3) is 0.400. The molecule has 2 N–H and O–H groups in total. The number of rotatable bonds is 8. The van der Waals surface area contributed by atoms with Crippen molar-refractivity contribution in [3.05, 3.63) is 28.7 Å². The van der Waals surface area contributed by atoms with Crippen LogP contribution in [-0.4, -0.2) is 53.3 Å². The Balaban J connectivity index is 2.18. The van der Waals surface area contributed by atoms with Crippen molar-refractivity contribution in [1.82, 2.24) is 4.90 Å². The van der Waals surface area contributed by atoms with Crippen LogP contribution in [0, 0.1) is 0 Å². The smallest absolute Gasteiger partial charge is 0.326 e. The fourth-order valence-electron chi connectivity index (χ4n) is 2.44. The van der Waals surface area contributed by atoms with E-state index in [0.717, 1.165) is 16.7 Å². The standard InChI is InChI=1S/C20H24N2O7S/c1-5-27-14-8-12(6-7-13(14)28-11-16(21)23)9-15-18(25)22(19(26)30-15)10-17(24)29-20(2,3)4/h6-9H,5,10-11H2,1-4H3,(H2,21,23)/b15-9+. The Hall–Kier alpha value is -3.01. The van der Waals surface area contributed by atoms with E-state index in [-0.39, 0.29) is 11.5 Å². The van der Waals surface area contributed by atoms with Crippen LogP contribution in [0.4, 0.5) is 4.79 Å². The number of primary amides is 1. The van der Waals surface area contributed by atoms with Crippen molar-refractivity contribution < 1.29 is 33.4 Å². The summed E-state index contributed by atoms with van der Waals surface area (Å²) in [4.78, 5) is 48.7. The van der Waals surface area contributed by atoms with E-state index in [4.69, 9.17) is 19.9 Å². The lowest BCUT2D eigenvalue weighted by Gasteiger charge is -2.21. The van der Waals surface area contributed by atoms with Crippen molar-refractivity contribution >= 4 is 40.9 Å². The highest BCUT2D eigenvalue weighted by Gasteiger charge is 2.37. The molecule has 1 saturated heterocycles. The number of ether oxygens (including phenoxy) is 3. The second-order valence-electron chi connectivity index (χ2n) is 7.25. The SMILES string of the molecule is CCOc1cc(/C=C2/SC(=O)N(CC(=O)OC(C)(C)C)C2=O)ccc1OCC(N)=O. The Bertz CT molecular complexity index is 890. The van der Waals surface area contributed by atoms with Crippen molar-refractivity contribution in [3.8, 4) is 11.5 Å². The van der Waals surface area contributed by atoms with Crippen LogP contribution in [0.15, 0.2) is 23.1 Å². The van der Waals surface area contributed by atoms with Gasteiger partial charge in [0.25, 0.3) is 17.1 Å². The van der Waals surface area contributed by atoms with E-state index in [0.29, 0.717) is 23.7 Å². The topological polar surface area (TPSA) is 125 Å². The van der Waals surface area contributed by atoms with Gasteiger partial charge in [-0.3, -0.25) is 24.1 Å². The molecule has 1 aliphatic heterocycles. The number of hydrogen-bond acceptors (Lipinski definition) is 8. The Morgan fingerprint density at radius 1 is 1.17 bits per heavy atom. The zero-order valence-electron chi connectivity index (χ0n) is 17.2. The molecule has 0 unspecified atom stereocenters. The highest BCUT2D eigenvalue weighted by molar-refractivity contribution is 8.18. The van der Waals surface area contributed by atoms with E-state index in [1.165, 1.54) is 6.08 Å². The molecule has 1 heterocycles. The van der Waals surface area contributed by atoms with Crippen molar-refractivity contribution in [3.63, 3.8) is 0 Å². The van der Waals surface area contributed by atoms with Crippen LogP contribution in [-0.2, 0) is 19.1 Å². The molecule has 0 aromatic heterocycles. The number of carbonyl (C=O) groups is 4. The van der Waals surface area contributed by atoms with Crippen molar-refractivity contribution in [2.75, 3.05) is 19.8 Å². The average molecular weight is 436 g/mol. The predicted octanol–water partition coefficient (Wildman–Crippen LogP) is 2.33. The maximum atomic E-state index is 12.6. The van der Waals surface area contributed by atoms with Gasteiger partial charge in [-0.15, -0.1) is 0 Å². The van der Waals surface area contributed by atoms with E-state index in [1.54, 1.807) is 45.9 Å². The lowest BCUT2D eigenvalue weighted by molar-refractivity contribution is -0.156. The number of hydrogen-bond donors (Lipinski definition) is 1. The monoisotopic (exact) mass is 436 g/mol. The largest absolute Gasteiger partial charge is 0.490 e. The predicted molar refractivity (Wildman–Crippen MR) is 111 cm³/mol. The molecule has 0 spiro atoms. The summed E-state index contributed by atoms with van der Waals surface area (Å²) in [6.45, 7) is 6.48.